The maximum Gasteiger partial charge on any atom is 0.242 e. The molecule has 4 N–H and O–H groups in total. The van der Waals surface area contributed by atoms with E-state index < -0.39 is 5.60 Å². The van der Waals surface area contributed by atoms with Crippen LogP contribution < -0.4 is 15.8 Å². The van der Waals surface area contributed by atoms with Crippen molar-refractivity contribution in [2.24, 2.45) is 0 Å². The Kier molecular flexibility index (Phi) is 2.82. The Labute approximate surface area is 93.9 Å². The van der Waals surface area contributed by atoms with Crippen LogP contribution in [0.2, 0.25) is 0 Å². The molecule has 0 radical (unpaired) electrons. The van der Waals surface area contributed by atoms with Gasteiger partial charge in [-0.05, 0) is 19.3 Å². The van der Waals surface area contributed by atoms with Gasteiger partial charge in [0.2, 0.25) is 5.88 Å². The molecule has 16 heavy (non-hydrogen) atoms. The molecule has 1 aliphatic carbocycles. The van der Waals surface area contributed by atoms with E-state index in [1.54, 1.807) is 0 Å². The van der Waals surface area contributed by atoms with Crippen molar-refractivity contribution in [1.29, 1.82) is 0 Å². The van der Waals surface area contributed by atoms with Gasteiger partial charge >= 0.3 is 0 Å². The molecule has 6 nitrogen and oxygen atoms in total. The molecule has 0 spiro atoms. The number of hydrogen-bond donors (Lipinski definition) is 3. The second-order valence-corrected chi connectivity index (χ2v) is 4.08. The predicted octanol–water partition coefficient (Wildman–Crippen LogP) is 0.394. The molecule has 0 saturated heterocycles. The number of nitrogen functional groups attached to an aromatic ring is 1. The van der Waals surface area contributed by atoms with Gasteiger partial charge in [-0.25, -0.2) is 4.98 Å². The number of rotatable bonds is 4. The smallest absolute Gasteiger partial charge is 0.242 e. The maximum atomic E-state index is 9.91. The normalized spacial score (nSPS) is 17.6. The van der Waals surface area contributed by atoms with E-state index >= 15 is 0 Å². The van der Waals surface area contributed by atoms with Crippen LogP contribution in [0.3, 0.4) is 0 Å². The van der Waals surface area contributed by atoms with Crippen molar-refractivity contribution in [2.75, 3.05) is 24.7 Å². The first kappa shape index (κ1) is 10.9. The van der Waals surface area contributed by atoms with Crippen LogP contribution in [-0.2, 0) is 0 Å². The van der Waals surface area contributed by atoms with E-state index in [2.05, 4.69) is 15.3 Å². The Bertz CT molecular complexity index is 379. The number of nitrogens with one attached hydrogen (secondary N) is 1. The molecule has 0 bridgehead atoms. The molecule has 0 unspecified atom stereocenters. The van der Waals surface area contributed by atoms with Gasteiger partial charge in [0.15, 0.2) is 5.82 Å². The Hall–Kier alpha value is -1.56. The average molecular weight is 224 g/mol. The van der Waals surface area contributed by atoms with Crippen molar-refractivity contribution in [2.45, 2.75) is 24.9 Å². The van der Waals surface area contributed by atoms with Crippen LogP contribution >= 0.6 is 0 Å². The van der Waals surface area contributed by atoms with Gasteiger partial charge in [0.05, 0.1) is 12.7 Å². The fraction of sp³-hybridized carbons (Fsp3) is 0.600. The summed E-state index contributed by atoms with van der Waals surface area (Å²) in [6.45, 7) is 0.456. The van der Waals surface area contributed by atoms with E-state index in [1.165, 1.54) is 13.4 Å². The zero-order valence-electron chi connectivity index (χ0n) is 9.23. The fourth-order valence-electron chi connectivity index (χ4n) is 1.69. The topological polar surface area (TPSA) is 93.3 Å². The summed E-state index contributed by atoms with van der Waals surface area (Å²) in [4.78, 5) is 7.89. The Morgan fingerprint density at radius 3 is 2.88 bits per heavy atom. The molecule has 88 valence electrons. The zero-order valence-corrected chi connectivity index (χ0v) is 9.23. The van der Waals surface area contributed by atoms with Crippen molar-refractivity contribution in [3.63, 3.8) is 0 Å². The van der Waals surface area contributed by atoms with E-state index in [9.17, 15) is 5.11 Å². The van der Waals surface area contributed by atoms with Gasteiger partial charge in [-0.1, -0.05) is 0 Å². The maximum absolute atomic E-state index is 9.91. The third-order valence-electron chi connectivity index (χ3n) is 2.91. The number of aromatic nitrogens is 2. The molecule has 0 atom stereocenters. The molecule has 6 heteroatoms. The standard InChI is InChI=1S/C10H16N4O2/c1-16-9-7(11)8(13-6-14-9)12-5-10(15)3-2-4-10/h6,15H,2-5,11H2,1H3,(H,12,13,14). The van der Waals surface area contributed by atoms with Crippen molar-refractivity contribution >= 4 is 11.5 Å². The first-order valence-corrected chi connectivity index (χ1v) is 5.25. The zero-order chi connectivity index (χ0) is 11.6. The highest BCUT2D eigenvalue weighted by Gasteiger charge is 2.34. The lowest BCUT2D eigenvalue weighted by atomic mass is 9.80. The fourth-order valence-corrected chi connectivity index (χ4v) is 1.69. The first-order chi connectivity index (χ1) is 7.64. The molecule has 1 heterocycles. The molecule has 1 aromatic heterocycles. The van der Waals surface area contributed by atoms with Crippen molar-refractivity contribution in [1.82, 2.24) is 9.97 Å². The largest absolute Gasteiger partial charge is 0.479 e. The summed E-state index contributed by atoms with van der Waals surface area (Å²) in [5.74, 6) is 0.852. The Morgan fingerprint density at radius 2 is 2.31 bits per heavy atom. The minimum absolute atomic E-state index is 0.345. The lowest BCUT2D eigenvalue weighted by Gasteiger charge is -2.36. The highest BCUT2D eigenvalue weighted by atomic mass is 16.5. The van der Waals surface area contributed by atoms with Crippen molar-refractivity contribution in [3.8, 4) is 5.88 Å². The van der Waals surface area contributed by atoms with E-state index in [1.807, 2.05) is 0 Å². The lowest BCUT2D eigenvalue weighted by Crippen LogP contribution is -2.43. The Balaban J connectivity index is 2.03. The summed E-state index contributed by atoms with van der Waals surface area (Å²) >= 11 is 0. The molecule has 1 aliphatic rings. The predicted molar refractivity (Wildman–Crippen MR) is 60.3 cm³/mol. The number of anilines is 2. The second-order valence-electron chi connectivity index (χ2n) is 4.08. The highest BCUT2D eigenvalue weighted by Crippen LogP contribution is 2.32. The Morgan fingerprint density at radius 1 is 1.56 bits per heavy atom. The first-order valence-electron chi connectivity index (χ1n) is 5.25. The molecular weight excluding hydrogens is 208 g/mol. The minimum Gasteiger partial charge on any atom is -0.479 e. The average Bonchev–Trinajstić information content (AvgIpc) is 2.25. The summed E-state index contributed by atoms with van der Waals surface area (Å²) < 4.78 is 4.98. The quantitative estimate of drug-likeness (QED) is 0.685. The molecule has 1 aromatic rings. The minimum atomic E-state index is -0.607. The van der Waals surface area contributed by atoms with Gasteiger partial charge in [-0.2, -0.15) is 4.98 Å². The molecule has 1 saturated carbocycles. The number of hydrogen-bond acceptors (Lipinski definition) is 6. The van der Waals surface area contributed by atoms with E-state index in [-0.39, 0.29) is 0 Å². The number of nitrogens with zero attached hydrogens (tertiary/aromatic N) is 2. The summed E-state index contributed by atoms with van der Waals surface area (Å²) in [5, 5.41) is 12.9. The van der Waals surface area contributed by atoms with E-state index in [4.69, 9.17) is 10.5 Å². The number of ether oxygens (including phenoxy) is 1. The second kappa shape index (κ2) is 4.13. The highest BCUT2D eigenvalue weighted by molar-refractivity contribution is 5.66. The third kappa shape index (κ3) is 2.01. The van der Waals surface area contributed by atoms with Crippen LogP contribution in [0.4, 0.5) is 11.5 Å². The van der Waals surface area contributed by atoms with Crippen LogP contribution in [0.25, 0.3) is 0 Å². The van der Waals surface area contributed by atoms with Gasteiger partial charge in [0.1, 0.15) is 12.0 Å². The van der Waals surface area contributed by atoms with Crippen LogP contribution in [-0.4, -0.2) is 34.3 Å². The molecule has 2 rings (SSSR count). The van der Waals surface area contributed by atoms with E-state index in [0.717, 1.165) is 19.3 Å². The van der Waals surface area contributed by atoms with E-state index in [0.29, 0.717) is 23.9 Å². The van der Waals surface area contributed by atoms with Crippen LogP contribution in [0.5, 0.6) is 5.88 Å². The van der Waals surface area contributed by atoms with Crippen LogP contribution in [0.1, 0.15) is 19.3 Å². The summed E-state index contributed by atoms with van der Waals surface area (Å²) in [6, 6.07) is 0. The van der Waals surface area contributed by atoms with Gasteiger partial charge in [0.25, 0.3) is 0 Å². The van der Waals surface area contributed by atoms with Crippen molar-refractivity contribution < 1.29 is 9.84 Å². The summed E-state index contributed by atoms with van der Waals surface area (Å²) in [5.41, 5.74) is 5.55. The molecule has 1 fully saturated rings. The third-order valence-corrected chi connectivity index (χ3v) is 2.91. The molecule has 0 aromatic carbocycles. The molecular formula is C10H16N4O2. The summed E-state index contributed by atoms with van der Waals surface area (Å²) in [6.07, 6.45) is 4.09. The summed E-state index contributed by atoms with van der Waals surface area (Å²) in [7, 11) is 1.50. The SMILES string of the molecule is COc1ncnc(NCC2(O)CCC2)c1N. The molecule has 0 aliphatic heterocycles. The van der Waals surface area contributed by atoms with Gasteiger partial charge in [-0.3, -0.25) is 0 Å². The van der Waals surface area contributed by atoms with Gasteiger partial charge in [0, 0.05) is 6.54 Å². The number of nitrogens with two attached hydrogens (primary N) is 1. The monoisotopic (exact) mass is 224 g/mol. The number of aliphatic hydroxyl groups is 1. The van der Waals surface area contributed by atoms with Crippen molar-refractivity contribution in [3.05, 3.63) is 6.33 Å². The lowest BCUT2D eigenvalue weighted by molar-refractivity contribution is -0.0202. The number of methoxy groups -OCH3 is 1. The van der Waals surface area contributed by atoms with Gasteiger partial charge in [-0.15, -0.1) is 0 Å². The van der Waals surface area contributed by atoms with Crippen LogP contribution in [0, 0.1) is 0 Å². The van der Waals surface area contributed by atoms with Crippen LogP contribution in [0.15, 0.2) is 6.33 Å². The molecule has 0 amide bonds. The van der Waals surface area contributed by atoms with Gasteiger partial charge < -0.3 is 20.9 Å².